The van der Waals surface area contributed by atoms with Gasteiger partial charge in [0.2, 0.25) is 5.91 Å². The molecule has 1 aliphatic heterocycles. The fraction of sp³-hybridized carbons (Fsp3) is 0.240. The summed E-state index contributed by atoms with van der Waals surface area (Å²) in [6.45, 7) is 2.01. The second-order valence-electron chi connectivity index (χ2n) is 8.31. The van der Waals surface area contributed by atoms with E-state index in [2.05, 4.69) is 5.32 Å². The lowest BCUT2D eigenvalue weighted by atomic mass is 9.95. The molecule has 0 fully saturated rings. The number of carbonyl (C=O) groups excluding carboxylic acids is 3. The fourth-order valence-electron chi connectivity index (χ4n) is 4.22. The highest BCUT2D eigenvalue weighted by atomic mass is 35.5. The molecule has 0 radical (unpaired) electrons. The number of fused-ring (bicyclic) bond motifs is 1. The summed E-state index contributed by atoms with van der Waals surface area (Å²) in [4.78, 5) is 37.8. The number of nitrogens with one attached hydrogen (secondary N) is 1. The van der Waals surface area contributed by atoms with Crippen LogP contribution < -0.4 is 5.32 Å². The van der Waals surface area contributed by atoms with Crippen LogP contribution in [0.4, 0.5) is 0 Å². The maximum atomic E-state index is 13.2. The van der Waals surface area contributed by atoms with Crippen LogP contribution in [-0.4, -0.2) is 43.5 Å². The average Bonchev–Trinajstić information content (AvgIpc) is 3.06. The van der Waals surface area contributed by atoms with E-state index in [9.17, 15) is 22.8 Å². The number of aromatic nitrogens is 1. The van der Waals surface area contributed by atoms with Crippen LogP contribution in [0.5, 0.6) is 0 Å². The summed E-state index contributed by atoms with van der Waals surface area (Å²) >= 11 is 6.28. The van der Waals surface area contributed by atoms with Gasteiger partial charge in [0.25, 0.3) is 0 Å². The molecule has 0 bridgehead atoms. The molecule has 0 saturated carbocycles. The van der Waals surface area contributed by atoms with Crippen molar-refractivity contribution in [3.05, 3.63) is 76.1 Å². The number of carbonyl (C=O) groups is 3. The number of Topliss-reactive ketones (excluding diaryl/α,β-unsaturated/α-hetero) is 1. The summed E-state index contributed by atoms with van der Waals surface area (Å²) in [6, 6.07) is 12.2. The predicted octanol–water partition coefficient (Wildman–Crippen LogP) is 3.49. The van der Waals surface area contributed by atoms with Gasteiger partial charge in [-0.15, -0.1) is 0 Å². The third-order valence-corrected chi connectivity index (χ3v) is 6.62. The van der Waals surface area contributed by atoms with E-state index >= 15 is 0 Å². The molecule has 1 aliphatic rings. The highest BCUT2D eigenvalue weighted by Crippen LogP contribution is 2.36. The zero-order valence-corrected chi connectivity index (χ0v) is 20.7. The van der Waals surface area contributed by atoms with Crippen molar-refractivity contribution in [2.75, 3.05) is 12.9 Å². The topological polar surface area (TPSA) is 112 Å². The van der Waals surface area contributed by atoms with Crippen molar-refractivity contribution in [1.82, 2.24) is 9.88 Å². The molecule has 0 unspecified atom stereocenters. The van der Waals surface area contributed by atoms with Gasteiger partial charge in [-0.25, -0.2) is 13.2 Å². The van der Waals surface area contributed by atoms with E-state index in [1.54, 1.807) is 47.9 Å². The quantitative estimate of drug-likeness (QED) is 0.381. The Morgan fingerprint density at radius 2 is 1.89 bits per heavy atom. The Labute approximate surface area is 207 Å². The number of ketones is 1. The van der Waals surface area contributed by atoms with E-state index in [1.165, 1.54) is 12.5 Å². The summed E-state index contributed by atoms with van der Waals surface area (Å²) in [5.74, 6) is -1.60. The first kappa shape index (κ1) is 24.7. The Bertz CT molecular complexity index is 1500. The van der Waals surface area contributed by atoms with Gasteiger partial charge >= 0.3 is 5.97 Å². The molecule has 10 heteroatoms. The Hall–Kier alpha value is -3.43. The summed E-state index contributed by atoms with van der Waals surface area (Å²) in [6.07, 6.45) is 2.14. The Morgan fingerprint density at radius 1 is 1.14 bits per heavy atom. The maximum Gasteiger partial charge on any atom is 0.355 e. The number of allylic oxidation sites excluding steroid dienone is 1. The van der Waals surface area contributed by atoms with E-state index in [4.69, 9.17) is 16.3 Å². The fourth-order valence-corrected chi connectivity index (χ4v) is 5.17. The monoisotopic (exact) mass is 514 g/mol. The van der Waals surface area contributed by atoms with Gasteiger partial charge in [0.1, 0.15) is 5.69 Å². The van der Waals surface area contributed by atoms with Crippen LogP contribution in [0.3, 0.4) is 0 Å². The lowest BCUT2D eigenvalue weighted by Crippen LogP contribution is -2.28. The molecule has 35 heavy (non-hydrogen) atoms. The van der Waals surface area contributed by atoms with Crippen molar-refractivity contribution in [1.29, 1.82) is 0 Å². The molecule has 1 amide bonds. The lowest BCUT2D eigenvalue weighted by Gasteiger charge is -2.15. The minimum Gasteiger partial charge on any atom is -0.461 e. The molecule has 0 saturated heterocycles. The highest BCUT2D eigenvalue weighted by molar-refractivity contribution is 7.89. The van der Waals surface area contributed by atoms with E-state index in [0.717, 1.165) is 5.56 Å². The van der Waals surface area contributed by atoms with E-state index in [0.29, 0.717) is 27.1 Å². The van der Waals surface area contributed by atoms with Crippen LogP contribution in [0.1, 0.15) is 40.5 Å². The van der Waals surface area contributed by atoms with Crippen molar-refractivity contribution >= 4 is 55.6 Å². The molecule has 0 atom stereocenters. The number of amides is 1. The van der Waals surface area contributed by atoms with Gasteiger partial charge in [-0.05, 0) is 36.2 Å². The minimum atomic E-state index is -3.23. The van der Waals surface area contributed by atoms with E-state index in [1.807, 2.05) is 6.07 Å². The summed E-state index contributed by atoms with van der Waals surface area (Å²) < 4.78 is 30.6. The van der Waals surface area contributed by atoms with Crippen molar-refractivity contribution < 1.29 is 27.5 Å². The molecule has 0 spiro atoms. The lowest BCUT2D eigenvalue weighted by molar-refractivity contribution is -0.125. The Morgan fingerprint density at radius 3 is 2.57 bits per heavy atom. The van der Waals surface area contributed by atoms with Gasteiger partial charge in [0, 0.05) is 46.1 Å². The standard InChI is InChI=1S/C25H23ClN2O6S/c1-3-34-25(31)24-23(19-12-27-22(30)11-21(19)29)18-10-17(26)7-8-20(18)28(24)13-15-5-4-6-16(9-15)14-35(2,32)33/h4-10,12H,3,11,13-14H2,1-2H3,(H,27,30). The van der Waals surface area contributed by atoms with Crippen LogP contribution in [0.15, 0.2) is 48.7 Å². The first-order valence-corrected chi connectivity index (χ1v) is 13.3. The number of sulfone groups is 1. The van der Waals surface area contributed by atoms with Gasteiger partial charge < -0.3 is 14.6 Å². The average molecular weight is 515 g/mol. The molecule has 1 N–H and O–H groups in total. The third-order valence-electron chi connectivity index (χ3n) is 5.52. The molecule has 0 aliphatic carbocycles. The molecule has 4 rings (SSSR count). The van der Waals surface area contributed by atoms with Gasteiger partial charge in [-0.1, -0.05) is 35.9 Å². The van der Waals surface area contributed by atoms with E-state index < -0.39 is 27.5 Å². The summed E-state index contributed by atoms with van der Waals surface area (Å²) in [5.41, 5.74) is 2.67. The number of esters is 1. The second kappa shape index (κ2) is 9.67. The molecule has 8 nitrogen and oxygen atoms in total. The molecule has 2 aromatic carbocycles. The predicted molar refractivity (Wildman–Crippen MR) is 133 cm³/mol. The highest BCUT2D eigenvalue weighted by Gasteiger charge is 2.31. The van der Waals surface area contributed by atoms with Crippen molar-refractivity contribution in [3.8, 4) is 0 Å². The normalized spacial score (nSPS) is 14.1. The Kier molecular flexibility index (Phi) is 6.82. The molecule has 1 aromatic heterocycles. The largest absolute Gasteiger partial charge is 0.461 e. The molecule has 2 heterocycles. The zero-order chi connectivity index (χ0) is 25.3. The molecule has 182 valence electrons. The number of nitrogens with zero attached hydrogens (tertiary/aromatic N) is 1. The van der Waals surface area contributed by atoms with Gasteiger partial charge in [-0.3, -0.25) is 9.59 Å². The SMILES string of the molecule is CCOC(=O)c1c(C2=CNC(=O)CC2=O)c2cc(Cl)ccc2n1Cc1cccc(CS(C)(=O)=O)c1. The van der Waals surface area contributed by atoms with Crippen LogP contribution in [-0.2, 0) is 36.5 Å². The molecule has 3 aromatic rings. The molecular weight excluding hydrogens is 492 g/mol. The van der Waals surface area contributed by atoms with Gasteiger partial charge in [0.05, 0.1) is 18.8 Å². The number of hydrogen-bond acceptors (Lipinski definition) is 6. The smallest absolute Gasteiger partial charge is 0.355 e. The van der Waals surface area contributed by atoms with Crippen LogP contribution in [0.2, 0.25) is 5.02 Å². The van der Waals surface area contributed by atoms with Gasteiger partial charge in [-0.2, -0.15) is 0 Å². The zero-order valence-electron chi connectivity index (χ0n) is 19.1. The van der Waals surface area contributed by atoms with Crippen molar-refractivity contribution in [2.45, 2.75) is 25.6 Å². The second-order valence-corrected chi connectivity index (χ2v) is 10.9. The minimum absolute atomic E-state index is 0.111. The maximum absolute atomic E-state index is 13.2. The number of hydrogen-bond donors (Lipinski definition) is 1. The third kappa shape index (κ3) is 5.31. The first-order chi connectivity index (χ1) is 16.6. The Balaban J connectivity index is 1.95. The number of ether oxygens (including phenoxy) is 1. The summed E-state index contributed by atoms with van der Waals surface area (Å²) in [5, 5.41) is 3.52. The van der Waals surface area contributed by atoms with Crippen LogP contribution >= 0.6 is 11.6 Å². The summed E-state index contributed by atoms with van der Waals surface area (Å²) in [7, 11) is -3.23. The van der Waals surface area contributed by atoms with Crippen molar-refractivity contribution in [2.24, 2.45) is 0 Å². The van der Waals surface area contributed by atoms with Crippen LogP contribution in [0.25, 0.3) is 16.5 Å². The van der Waals surface area contributed by atoms with Crippen LogP contribution in [0, 0.1) is 0 Å². The number of rotatable bonds is 7. The molecular formula is C25H23ClN2O6S. The van der Waals surface area contributed by atoms with Gasteiger partial charge in [0.15, 0.2) is 15.6 Å². The van der Waals surface area contributed by atoms with E-state index in [-0.39, 0.29) is 36.6 Å². The number of halogens is 1. The first-order valence-electron chi connectivity index (χ1n) is 10.8. The van der Waals surface area contributed by atoms with Crippen molar-refractivity contribution in [3.63, 3.8) is 0 Å². The number of benzene rings is 2.